The molecule has 0 aliphatic rings. The molecule has 18 heavy (non-hydrogen) atoms. The van der Waals surface area contributed by atoms with Crippen LogP contribution in [0, 0.1) is 6.92 Å². The van der Waals surface area contributed by atoms with Crippen molar-refractivity contribution in [1.29, 1.82) is 0 Å². The molecule has 8 heteroatoms. The number of nitrogens with zero attached hydrogens (tertiary/aromatic N) is 2. The van der Waals surface area contributed by atoms with E-state index in [4.69, 9.17) is 5.73 Å². The van der Waals surface area contributed by atoms with Crippen LogP contribution in [0.15, 0.2) is 0 Å². The summed E-state index contributed by atoms with van der Waals surface area (Å²) in [7, 11) is 0. The fourth-order valence-corrected chi connectivity index (χ4v) is 1.44. The third-order valence-electron chi connectivity index (χ3n) is 2.28. The molecule has 104 valence electrons. The number of alkyl halides is 3. The molecule has 0 saturated carbocycles. The van der Waals surface area contributed by atoms with Gasteiger partial charge in [0.2, 0.25) is 0 Å². The largest absolute Gasteiger partial charge is 0.411 e. The Labute approximate surface area is 103 Å². The van der Waals surface area contributed by atoms with E-state index in [-0.39, 0.29) is 13.2 Å². The smallest absolute Gasteiger partial charge is 0.394 e. The van der Waals surface area contributed by atoms with Gasteiger partial charge in [0.25, 0.3) is 0 Å². The third-order valence-corrected chi connectivity index (χ3v) is 2.28. The number of nitrogen functional groups attached to an aromatic ring is 1. The van der Waals surface area contributed by atoms with Gasteiger partial charge in [-0.2, -0.15) is 18.3 Å². The van der Waals surface area contributed by atoms with E-state index in [0.29, 0.717) is 23.7 Å². The number of anilines is 2. The molecule has 0 aromatic carbocycles. The molecule has 0 saturated heterocycles. The van der Waals surface area contributed by atoms with Crippen LogP contribution in [-0.4, -0.2) is 35.7 Å². The van der Waals surface area contributed by atoms with Gasteiger partial charge in [0, 0.05) is 13.1 Å². The first-order valence-electron chi connectivity index (χ1n) is 5.56. The van der Waals surface area contributed by atoms with Crippen molar-refractivity contribution in [3.63, 3.8) is 0 Å². The number of ether oxygens (including phenoxy) is 1. The zero-order valence-corrected chi connectivity index (χ0v) is 10.3. The van der Waals surface area contributed by atoms with Gasteiger partial charge in [-0.25, -0.2) is 4.68 Å². The van der Waals surface area contributed by atoms with Gasteiger partial charge in [-0.15, -0.1) is 0 Å². The highest BCUT2D eigenvalue weighted by molar-refractivity contribution is 5.64. The highest BCUT2D eigenvalue weighted by Crippen LogP contribution is 2.21. The van der Waals surface area contributed by atoms with E-state index in [1.165, 1.54) is 0 Å². The second kappa shape index (κ2) is 5.94. The lowest BCUT2D eigenvalue weighted by molar-refractivity contribution is -0.172. The van der Waals surface area contributed by atoms with Crippen molar-refractivity contribution in [2.75, 3.05) is 30.8 Å². The summed E-state index contributed by atoms with van der Waals surface area (Å²) < 4.78 is 41.6. The molecule has 1 aromatic rings. The van der Waals surface area contributed by atoms with E-state index in [0.717, 1.165) is 0 Å². The summed E-state index contributed by atoms with van der Waals surface area (Å²) >= 11 is 0. The normalized spacial score (nSPS) is 11.8. The maximum atomic E-state index is 11.8. The topological polar surface area (TPSA) is 65.1 Å². The number of hydrogen-bond donors (Lipinski definition) is 2. The Balaban J connectivity index is 2.40. The monoisotopic (exact) mass is 266 g/mol. The van der Waals surface area contributed by atoms with Crippen LogP contribution in [0.3, 0.4) is 0 Å². The van der Waals surface area contributed by atoms with Crippen molar-refractivity contribution in [3.8, 4) is 0 Å². The van der Waals surface area contributed by atoms with Crippen LogP contribution in [0.2, 0.25) is 0 Å². The second-order valence-electron chi connectivity index (χ2n) is 3.76. The molecule has 0 aliphatic carbocycles. The lowest BCUT2D eigenvalue weighted by Gasteiger charge is -2.10. The number of halogens is 3. The molecular formula is C10H17F3N4O. The van der Waals surface area contributed by atoms with Crippen molar-refractivity contribution in [3.05, 3.63) is 5.69 Å². The number of aryl methyl sites for hydroxylation is 2. The highest BCUT2D eigenvalue weighted by atomic mass is 19.4. The summed E-state index contributed by atoms with van der Waals surface area (Å²) in [5.74, 6) is 0.616. The van der Waals surface area contributed by atoms with Crippen molar-refractivity contribution in [2.45, 2.75) is 26.6 Å². The molecule has 0 spiro atoms. The Morgan fingerprint density at radius 3 is 2.67 bits per heavy atom. The van der Waals surface area contributed by atoms with Gasteiger partial charge in [0.15, 0.2) is 0 Å². The first-order valence-corrected chi connectivity index (χ1v) is 5.56. The van der Waals surface area contributed by atoms with E-state index in [2.05, 4.69) is 15.2 Å². The van der Waals surface area contributed by atoms with Crippen LogP contribution >= 0.6 is 0 Å². The summed E-state index contributed by atoms with van der Waals surface area (Å²) in [6.07, 6.45) is -4.29. The Morgan fingerprint density at radius 1 is 1.44 bits per heavy atom. The van der Waals surface area contributed by atoms with E-state index in [9.17, 15) is 13.2 Å². The molecule has 1 rings (SSSR count). The van der Waals surface area contributed by atoms with Crippen molar-refractivity contribution >= 4 is 11.5 Å². The fraction of sp³-hybridized carbons (Fsp3) is 0.700. The number of hydrogen-bond acceptors (Lipinski definition) is 4. The molecule has 0 bridgehead atoms. The van der Waals surface area contributed by atoms with Crippen molar-refractivity contribution in [2.24, 2.45) is 0 Å². The quantitative estimate of drug-likeness (QED) is 0.770. The fourth-order valence-electron chi connectivity index (χ4n) is 1.44. The third kappa shape index (κ3) is 4.10. The summed E-state index contributed by atoms with van der Waals surface area (Å²) in [6, 6.07) is 0. The van der Waals surface area contributed by atoms with Crippen LogP contribution in [0.5, 0.6) is 0 Å². The van der Waals surface area contributed by atoms with Crippen LogP contribution in [0.25, 0.3) is 0 Å². The first-order chi connectivity index (χ1) is 8.35. The van der Waals surface area contributed by atoms with Gasteiger partial charge in [-0.05, 0) is 13.8 Å². The average Bonchev–Trinajstić information content (AvgIpc) is 2.54. The maximum absolute atomic E-state index is 11.8. The second-order valence-corrected chi connectivity index (χ2v) is 3.76. The van der Waals surface area contributed by atoms with Crippen molar-refractivity contribution < 1.29 is 17.9 Å². The van der Waals surface area contributed by atoms with E-state index in [1.54, 1.807) is 11.6 Å². The van der Waals surface area contributed by atoms with Crippen LogP contribution < -0.4 is 11.1 Å². The highest BCUT2D eigenvalue weighted by Gasteiger charge is 2.27. The minimum Gasteiger partial charge on any atom is -0.394 e. The molecule has 5 nitrogen and oxygen atoms in total. The Hall–Kier alpha value is -1.44. The predicted octanol–water partition coefficient (Wildman–Crippen LogP) is 1.78. The van der Waals surface area contributed by atoms with Crippen LogP contribution in [0.4, 0.5) is 24.7 Å². The van der Waals surface area contributed by atoms with E-state index in [1.807, 2.05) is 6.92 Å². The summed E-state index contributed by atoms with van der Waals surface area (Å²) in [5.41, 5.74) is 6.99. The Morgan fingerprint density at radius 2 is 2.11 bits per heavy atom. The minimum absolute atomic E-state index is 0.0487. The molecule has 0 atom stereocenters. The first kappa shape index (κ1) is 14.6. The molecule has 1 aromatic heterocycles. The van der Waals surface area contributed by atoms with E-state index >= 15 is 0 Å². The van der Waals surface area contributed by atoms with Crippen molar-refractivity contribution in [1.82, 2.24) is 9.78 Å². The predicted molar refractivity (Wildman–Crippen MR) is 62.4 cm³/mol. The SMILES string of the molecule is CCn1nc(C)c(N)c1NCCOCC(F)(F)F. The Kier molecular flexibility index (Phi) is 4.83. The van der Waals surface area contributed by atoms with Gasteiger partial charge >= 0.3 is 6.18 Å². The summed E-state index contributed by atoms with van der Waals surface area (Å²) in [6.45, 7) is 3.25. The van der Waals surface area contributed by atoms with Gasteiger partial charge in [-0.3, -0.25) is 0 Å². The number of aromatic nitrogens is 2. The molecular weight excluding hydrogens is 249 g/mol. The van der Waals surface area contributed by atoms with Gasteiger partial charge < -0.3 is 15.8 Å². The summed E-state index contributed by atoms with van der Waals surface area (Å²) in [5, 5.41) is 7.10. The summed E-state index contributed by atoms with van der Waals surface area (Å²) in [4.78, 5) is 0. The number of nitrogens with two attached hydrogens (primary N) is 1. The molecule has 3 N–H and O–H groups in total. The van der Waals surface area contributed by atoms with Gasteiger partial charge in [-0.1, -0.05) is 0 Å². The standard InChI is InChI=1S/C10H17F3N4O/c1-3-17-9(8(14)7(2)16-17)15-4-5-18-6-10(11,12)13/h15H,3-6,14H2,1-2H3. The molecule has 1 heterocycles. The molecule has 0 radical (unpaired) electrons. The zero-order chi connectivity index (χ0) is 13.8. The van der Waals surface area contributed by atoms with Crippen LogP contribution in [-0.2, 0) is 11.3 Å². The van der Waals surface area contributed by atoms with Crippen LogP contribution in [0.1, 0.15) is 12.6 Å². The average molecular weight is 266 g/mol. The number of nitrogens with one attached hydrogen (secondary N) is 1. The molecule has 0 aliphatic heterocycles. The molecule has 0 amide bonds. The van der Waals surface area contributed by atoms with Gasteiger partial charge in [0.05, 0.1) is 18.0 Å². The van der Waals surface area contributed by atoms with Gasteiger partial charge in [0.1, 0.15) is 12.4 Å². The lowest BCUT2D eigenvalue weighted by Crippen LogP contribution is -2.20. The minimum atomic E-state index is -4.29. The molecule has 0 fully saturated rings. The zero-order valence-electron chi connectivity index (χ0n) is 10.3. The lowest BCUT2D eigenvalue weighted by atomic mass is 10.4. The molecule has 0 unspecified atom stereocenters. The van der Waals surface area contributed by atoms with E-state index < -0.39 is 12.8 Å². The Bertz CT molecular complexity index is 389. The number of rotatable bonds is 6. The maximum Gasteiger partial charge on any atom is 0.411 e.